The maximum absolute atomic E-state index is 12.1. The van der Waals surface area contributed by atoms with Gasteiger partial charge in [0.2, 0.25) is 12.7 Å². The Morgan fingerprint density at radius 3 is 2.72 bits per heavy atom. The van der Waals surface area contributed by atoms with Crippen LogP contribution in [0.3, 0.4) is 0 Å². The highest BCUT2D eigenvalue weighted by Gasteiger charge is 2.12. The van der Waals surface area contributed by atoms with E-state index in [0.717, 1.165) is 28.3 Å². The molecule has 2 aromatic carbocycles. The van der Waals surface area contributed by atoms with Crippen LogP contribution in [0.4, 0.5) is 5.69 Å². The number of hydrogen-bond acceptors (Lipinski definition) is 4. The van der Waals surface area contributed by atoms with Crippen LogP contribution in [0, 0.1) is 0 Å². The number of nitrogens with one attached hydrogen (secondary N) is 2. The number of benzene rings is 2. The molecule has 0 saturated heterocycles. The number of carbonyl (C=O) groups excluding carboxylic acids is 1. The van der Waals surface area contributed by atoms with Crippen molar-refractivity contribution in [2.24, 2.45) is 0 Å². The zero-order valence-corrected chi connectivity index (χ0v) is 13.2. The third-order valence-electron chi connectivity index (χ3n) is 3.79. The fraction of sp³-hybridized carbons (Fsp3) is 0.0526. The van der Waals surface area contributed by atoms with Crippen molar-refractivity contribution >= 4 is 17.7 Å². The van der Waals surface area contributed by atoms with Gasteiger partial charge < -0.3 is 14.8 Å². The zero-order valence-electron chi connectivity index (χ0n) is 13.2. The lowest BCUT2D eigenvalue weighted by Crippen LogP contribution is -2.07. The summed E-state index contributed by atoms with van der Waals surface area (Å²) in [6.07, 6.45) is 4.92. The molecule has 0 radical (unpaired) electrons. The lowest BCUT2D eigenvalue weighted by atomic mass is 10.1. The Labute approximate surface area is 144 Å². The summed E-state index contributed by atoms with van der Waals surface area (Å²) in [5.41, 5.74) is 3.53. The molecule has 3 aromatic rings. The number of nitrogens with zero attached hydrogens (tertiary/aromatic N) is 1. The van der Waals surface area contributed by atoms with Crippen LogP contribution in [-0.4, -0.2) is 22.9 Å². The predicted molar refractivity (Wildman–Crippen MR) is 94.3 cm³/mol. The molecule has 25 heavy (non-hydrogen) atoms. The van der Waals surface area contributed by atoms with E-state index in [4.69, 9.17) is 9.47 Å². The van der Waals surface area contributed by atoms with Gasteiger partial charge in [-0.1, -0.05) is 18.2 Å². The Morgan fingerprint density at radius 1 is 1.08 bits per heavy atom. The van der Waals surface area contributed by atoms with Gasteiger partial charge in [0.1, 0.15) is 0 Å². The first-order chi connectivity index (χ1) is 12.3. The van der Waals surface area contributed by atoms with Gasteiger partial charge in [-0.2, -0.15) is 5.10 Å². The number of ether oxygens (including phenoxy) is 2. The number of carbonyl (C=O) groups is 1. The third-order valence-corrected chi connectivity index (χ3v) is 3.79. The summed E-state index contributed by atoms with van der Waals surface area (Å²) in [5, 5.41) is 9.66. The molecule has 0 bridgehead atoms. The van der Waals surface area contributed by atoms with Crippen molar-refractivity contribution in [1.29, 1.82) is 0 Å². The SMILES string of the molecule is O=C(/C=C/c1ccc2c(c1)OCO2)Nc1ccc(-c2ccn[nH]2)cc1. The molecule has 1 aliphatic heterocycles. The van der Waals surface area contributed by atoms with Crippen LogP contribution >= 0.6 is 0 Å². The first kappa shape index (κ1) is 15.0. The average molecular weight is 333 g/mol. The molecule has 6 nitrogen and oxygen atoms in total. The third kappa shape index (κ3) is 3.37. The number of rotatable bonds is 4. The maximum atomic E-state index is 12.1. The Morgan fingerprint density at radius 2 is 1.92 bits per heavy atom. The van der Waals surface area contributed by atoms with E-state index >= 15 is 0 Å². The molecule has 1 amide bonds. The van der Waals surface area contributed by atoms with Crippen molar-refractivity contribution in [1.82, 2.24) is 10.2 Å². The molecule has 4 rings (SSSR count). The van der Waals surface area contributed by atoms with Crippen LogP contribution in [-0.2, 0) is 4.79 Å². The van der Waals surface area contributed by atoms with E-state index in [1.54, 1.807) is 12.3 Å². The maximum Gasteiger partial charge on any atom is 0.248 e. The monoisotopic (exact) mass is 333 g/mol. The van der Waals surface area contributed by atoms with Crippen molar-refractivity contribution in [3.63, 3.8) is 0 Å². The first-order valence-electron chi connectivity index (χ1n) is 7.76. The van der Waals surface area contributed by atoms with Crippen molar-refractivity contribution in [2.45, 2.75) is 0 Å². The summed E-state index contributed by atoms with van der Waals surface area (Å²) in [6.45, 7) is 0.234. The van der Waals surface area contributed by atoms with Gasteiger partial charge in [0.15, 0.2) is 11.5 Å². The Hall–Kier alpha value is -3.54. The number of H-pyrrole nitrogens is 1. The van der Waals surface area contributed by atoms with Crippen molar-refractivity contribution in [2.75, 3.05) is 12.1 Å². The van der Waals surface area contributed by atoms with Crippen molar-refractivity contribution in [3.05, 3.63) is 66.4 Å². The Bertz CT molecular complexity index is 916. The van der Waals surface area contributed by atoms with E-state index in [2.05, 4.69) is 15.5 Å². The molecular weight excluding hydrogens is 318 g/mol. The minimum absolute atomic E-state index is 0.202. The Kier molecular flexibility index (Phi) is 3.92. The van der Waals surface area contributed by atoms with E-state index < -0.39 is 0 Å². The van der Waals surface area contributed by atoms with Gasteiger partial charge in [0, 0.05) is 18.0 Å². The molecule has 1 aromatic heterocycles. The van der Waals surface area contributed by atoms with Crippen molar-refractivity contribution < 1.29 is 14.3 Å². The second-order valence-corrected chi connectivity index (χ2v) is 5.48. The van der Waals surface area contributed by atoms with Gasteiger partial charge >= 0.3 is 0 Å². The van der Waals surface area contributed by atoms with E-state index in [9.17, 15) is 4.79 Å². The highest BCUT2D eigenvalue weighted by molar-refractivity contribution is 6.02. The molecular formula is C19H15N3O3. The number of amides is 1. The lowest BCUT2D eigenvalue weighted by Gasteiger charge is -2.03. The van der Waals surface area contributed by atoms with Gasteiger partial charge in [0.25, 0.3) is 0 Å². The number of hydrogen-bond donors (Lipinski definition) is 2. The molecule has 1 aliphatic rings. The van der Waals surface area contributed by atoms with E-state index in [1.807, 2.05) is 48.5 Å². The van der Waals surface area contributed by atoms with Gasteiger partial charge in [-0.3, -0.25) is 9.89 Å². The van der Waals surface area contributed by atoms with Gasteiger partial charge in [-0.05, 0) is 47.5 Å². The zero-order chi connectivity index (χ0) is 17.1. The number of anilines is 1. The van der Waals surface area contributed by atoms with E-state index in [1.165, 1.54) is 6.08 Å². The van der Waals surface area contributed by atoms with E-state index in [0.29, 0.717) is 5.75 Å². The predicted octanol–water partition coefficient (Wildman–Crippen LogP) is 3.46. The lowest BCUT2D eigenvalue weighted by molar-refractivity contribution is -0.111. The fourth-order valence-electron chi connectivity index (χ4n) is 2.52. The number of aromatic amines is 1. The van der Waals surface area contributed by atoms with Crippen LogP contribution in [0.25, 0.3) is 17.3 Å². The highest BCUT2D eigenvalue weighted by atomic mass is 16.7. The summed E-state index contributed by atoms with van der Waals surface area (Å²) in [7, 11) is 0. The highest BCUT2D eigenvalue weighted by Crippen LogP contribution is 2.32. The topological polar surface area (TPSA) is 76.2 Å². The molecule has 2 heterocycles. The summed E-state index contributed by atoms with van der Waals surface area (Å²) in [6, 6.07) is 15.0. The minimum Gasteiger partial charge on any atom is -0.454 e. The molecule has 0 unspecified atom stereocenters. The van der Waals surface area contributed by atoms with Gasteiger partial charge in [-0.25, -0.2) is 0 Å². The number of aromatic nitrogens is 2. The van der Waals surface area contributed by atoms with E-state index in [-0.39, 0.29) is 12.7 Å². The standard InChI is InChI=1S/C19H15N3O3/c23-19(8-2-13-1-7-17-18(11-13)25-12-24-17)21-15-5-3-14(4-6-15)16-9-10-20-22-16/h1-11H,12H2,(H,20,22)(H,21,23)/b8-2+. The minimum atomic E-state index is -0.202. The summed E-state index contributed by atoms with van der Waals surface area (Å²) < 4.78 is 10.6. The molecule has 0 atom stereocenters. The first-order valence-corrected chi connectivity index (χ1v) is 7.76. The molecule has 2 N–H and O–H groups in total. The molecule has 0 fully saturated rings. The molecule has 0 aliphatic carbocycles. The summed E-state index contributed by atoms with van der Waals surface area (Å²) >= 11 is 0. The Balaban J connectivity index is 1.40. The summed E-state index contributed by atoms with van der Waals surface area (Å²) in [4.78, 5) is 12.1. The molecule has 0 saturated carbocycles. The molecule has 6 heteroatoms. The van der Waals surface area contributed by atoms with Crippen LogP contribution in [0.2, 0.25) is 0 Å². The molecule has 124 valence electrons. The number of fused-ring (bicyclic) bond motifs is 1. The summed E-state index contributed by atoms with van der Waals surface area (Å²) in [5.74, 6) is 1.21. The van der Waals surface area contributed by atoms with Crippen LogP contribution < -0.4 is 14.8 Å². The largest absolute Gasteiger partial charge is 0.454 e. The smallest absolute Gasteiger partial charge is 0.248 e. The fourth-order valence-corrected chi connectivity index (χ4v) is 2.52. The van der Waals surface area contributed by atoms with Crippen LogP contribution in [0.15, 0.2) is 60.8 Å². The van der Waals surface area contributed by atoms with Crippen LogP contribution in [0.1, 0.15) is 5.56 Å². The molecule has 0 spiro atoms. The van der Waals surface area contributed by atoms with Gasteiger partial charge in [-0.15, -0.1) is 0 Å². The quantitative estimate of drug-likeness (QED) is 0.717. The normalized spacial score (nSPS) is 12.5. The van der Waals surface area contributed by atoms with Gasteiger partial charge in [0.05, 0.1) is 5.69 Å². The van der Waals surface area contributed by atoms with Crippen molar-refractivity contribution in [3.8, 4) is 22.8 Å². The van der Waals surface area contributed by atoms with Crippen LogP contribution in [0.5, 0.6) is 11.5 Å². The second kappa shape index (κ2) is 6.52. The second-order valence-electron chi connectivity index (χ2n) is 5.48. The average Bonchev–Trinajstić information content (AvgIpc) is 3.32.